The van der Waals surface area contributed by atoms with Crippen molar-refractivity contribution >= 4 is 27.7 Å². The van der Waals surface area contributed by atoms with Crippen molar-refractivity contribution in [2.75, 3.05) is 0 Å². The molecule has 0 saturated heterocycles. The lowest BCUT2D eigenvalue weighted by Crippen LogP contribution is -1.90. The number of pyridine rings is 1. The molecule has 1 atom stereocenters. The predicted molar refractivity (Wildman–Crippen MR) is 83.3 cm³/mol. The Morgan fingerprint density at radius 3 is 3.00 bits per heavy atom. The summed E-state index contributed by atoms with van der Waals surface area (Å²) in [7, 11) is 0. The molecule has 100 valence electrons. The Kier molecular flexibility index (Phi) is 2.36. The highest BCUT2D eigenvalue weighted by molar-refractivity contribution is 6.05. The van der Waals surface area contributed by atoms with Crippen molar-refractivity contribution in [3.63, 3.8) is 0 Å². The number of benzene rings is 1. The van der Waals surface area contributed by atoms with Crippen molar-refractivity contribution in [3.05, 3.63) is 48.2 Å². The van der Waals surface area contributed by atoms with Crippen LogP contribution in [0.3, 0.4) is 0 Å². The van der Waals surface area contributed by atoms with E-state index >= 15 is 0 Å². The fourth-order valence-corrected chi connectivity index (χ4v) is 2.84. The molecule has 0 amide bonds. The average molecular weight is 263 g/mol. The van der Waals surface area contributed by atoms with Gasteiger partial charge in [-0.3, -0.25) is 4.40 Å². The first-order chi connectivity index (χ1) is 9.78. The summed E-state index contributed by atoms with van der Waals surface area (Å²) in [6.07, 6.45) is 3.21. The molecule has 0 bridgehead atoms. The standard InChI is InChI=1S/C17H17N3/c1-3-11(2)12-7-8-14-13(10-12)16-17(18-14)20-9-5-4-6-15(20)19-16/h4-11,18H,3H2,1-2H3. The molecule has 0 aliphatic heterocycles. The maximum absolute atomic E-state index is 4.76. The van der Waals surface area contributed by atoms with Gasteiger partial charge >= 0.3 is 0 Å². The first kappa shape index (κ1) is 11.5. The minimum absolute atomic E-state index is 0.585. The number of aromatic nitrogens is 3. The van der Waals surface area contributed by atoms with E-state index in [1.807, 2.05) is 18.2 Å². The van der Waals surface area contributed by atoms with Gasteiger partial charge in [0, 0.05) is 17.1 Å². The lowest BCUT2D eigenvalue weighted by atomic mass is 9.97. The van der Waals surface area contributed by atoms with Crippen molar-refractivity contribution in [1.82, 2.24) is 14.4 Å². The highest BCUT2D eigenvalue weighted by Gasteiger charge is 2.12. The van der Waals surface area contributed by atoms with Crippen molar-refractivity contribution in [2.24, 2.45) is 0 Å². The maximum Gasteiger partial charge on any atom is 0.143 e. The Morgan fingerprint density at radius 2 is 2.15 bits per heavy atom. The normalized spacial score (nSPS) is 13.5. The van der Waals surface area contributed by atoms with Gasteiger partial charge in [0.15, 0.2) is 0 Å². The smallest absolute Gasteiger partial charge is 0.143 e. The molecule has 1 N–H and O–H groups in total. The lowest BCUT2D eigenvalue weighted by molar-refractivity contribution is 0.735. The zero-order chi connectivity index (χ0) is 13.7. The van der Waals surface area contributed by atoms with E-state index in [4.69, 9.17) is 4.98 Å². The van der Waals surface area contributed by atoms with Crippen molar-refractivity contribution in [3.8, 4) is 0 Å². The summed E-state index contributed by atoms with van der Waals surface area (Å²) in [6.45, 7) is 4.50. The second-order valence-corrected chi connectivity index (χ2v) is 5.48. The third kappa shape index (κ3) is 1.49. The molecule has 0 spiro atoms. The SMILES string of the molecule is CCC(C)c1ccc2[nH]c3c(nc4ccccn43)c2c1. The highest BCUT2D eigenvalue weighted by Crippen LogP contribution is 2.29. The minimum atomic E-state index is 0.585. The number of hydrogen-bond donors (Lipinski definition) is 1. The Balaban J connectivity index is 2.08. The zero-order valence-electron chi connectivity index (χ0n) is 11.7. The first-order valence-electron chi connectivity index (χ1n) is 7.16. The summed E-state index contributed by atoms with van der Waals surface area (Å²) in [4.78, 5) is 8.25. The minimum Gasteiger partial charge on any atom is -0.339 e. The van der Waals surface area contributed by atoms with Crippen LogP contribution in [0.4, 0.5) is 0 Å². The van der Waals surface area contributed by atoms with E-state index in [0.717, 1.165) is 28.7 Å². The Morgan fingerprint density at radius 1 is 1.25 bits per heavy atom. The van der Waals surface area contributed by atoms with Gasteiger partial charge in [0.1, 0.15) is 16.8 Å². The Hall–Kier alpha value is -2.29. The molecule has 0 fully saturated rings. The molecule has 20 heavy (non-hydrogen) atoms. The average Bonchev–Trinajstić information content (AvgIpc) is 3.02. The van der Waals surface area contributed by atoms with Gasteiger partial charge in [0.25, 0.3) is 0 Å². The van der Waals surface area contributed by atoms with E-state index in [2.05, 4.69) is 47.6 Å². The van der Waals surface area contributed by atoms with E-state index in [-0.39, 0.29) is 0 Å². The van der Waals surface area contributed by atoms with E-state index in [1.54, 1.807) is 0 Å². The van der Waals surface area contributed by atoms with Crippen LogP contribution in [0.15, 0.2) is 42.6 Å². The van der Waals surface area contributed by atoms with E-state index < -0.39 is 0 Å². The third-order valence-electron chi connectivity index (χ3n) is 4.26. The molecule has 4 rings (SSSR count). The topological polar surface area (TPSA) is 33.1 Å². The van der Waals surface area contributed by atoms with Crippen LogP contribution in [-0.2, 0) is 0 Å². The quantitative estimate of drug-likeness (QED) is 0.568. The van der Waals surface area contributed by atoms with Gasteiger partial charge in [-0.05, 0) is 42.2 Å². The molecule has 0 aliphatic rings. The van der Waals surface area contributed by atoms with Gasteiger partial charge in [0.05, 0.1) is 0 Å². The van der Waals surface area contributed by atoms with Crippen LogP contribution in [0.5, 0.6) is 0 Å². The van der Waals surface area contributed by atoms with Crippen molar-refractivity contribution < 1.29 is 0 Å². The van der Waals surface area contributed by atoms with Gasteiger partial charge in [-0.25, -0.2) is 4.98 Å². The van der Waals surface area contributed by atoms with Crippen LogP contribution < -0.4 is 0 Å². The van der Waals surface area contributed by atoms with Crippen LogP contribution in [0.25, 0.3) is 27.7 Å². The molecule has 1 unspecified atom stereocenters. The molecule has 3 heteroatoms. The van der Waals surface area contributed by atoms with Gasteiger partial charge in [-0.15, -0.1) is 0 Å². The number of nitrogens with zero attached hydrogens (tertiary/aromatic N) is 2. The molecule has 0 aliphatic carbocycles. The maximum atomic E-state index is 4.76. The Bertz CT molecular complexity index is 914. The number of nitrogens with one attached hydrogen (secondary N) is 1. The summed E-state index contributed by atoms with van der Waals surface area (Å²) >= 11 is 0. The van der Waals surface area contributed by atoms with Gasteiger partial charge in [0.2, 0.25) is 0 Å². The molecule has 4 aromatic rings. The number of aromatic amines is 1. The molecular formula is C17H17N3. The summed E-state index contributed by atoms with van der Waals surface area (Å²) < 4.78 is 2.11. The van der Waals surface area contributed by atoms with Gasteiger partial charge in [-0.1, -0.05) is 26.0 Å². The summed E-state index contributed by atoms with van der Waals surface area (Å²) in [5, 5.41) is 1.22. The largest absolute Gasteiger partial charge is 0.339 e. The van der Waals surface area contributed by atoms with Crippen LogP contribution in [0.2, 0.25) is 0 Å². The molecule has 3 aromatic heterocycles. The summed E-state index contributed by atoms with van der Waals surface area (Å²) in [6, 6.07) is 12.8. The monoisotopic (exact) mass is 263 g/mol. The fourth-order valence-electron chi connectivity index (χ4n) is 2.84. The predicted octanol–water partition coefficient (Wildman–Crippen LogP) is 4.48. The molecule has 3 nitrogen and oxygen atoms in total. The number of rotatable bonds is 2. The van der Waals surface area contributed by atoms with Crippen LogP contribution in [0.1, 0.15) is 31.7 Å². The van der Waals surface area contributed by atoms with Gasteiger partial charge in [-0.2, -0.15) is 0 Å². The van der Waals surface area contributed by atoms with Gasteiger partial charge < -0.3 is 4.98 Å². The summed E-state index contributed by atoms with van der Waals surface area (Å²) in [5.74, 6) is 0.585. The van der Waals surface area contributed by atoms with Crippen LogP contribution in [-0.4, -0.2) is 14.4 Å². The second kappa shape index (κ2) is 4.10. The first-order valence-corrected chi connectivity index (χ1v) is 7.16. The number of hydrogen-bond acceptors (Lipinski definition) is 1. The lowest BCUT2D eigenvalue weighted by Gasteiger charge is -2.08. The van der Waals surface area contributed by atoms with Crippen LogP contribution in [0, 0.1) is 0 Å². The number of H-pyrrole nitrogens is 1. The van der Waals surface area contributed by atoms with Crippen LogP contribution >= 0.6 is 0 Å². The second-order valence-electron chi connectivity index (χ2n) is 5.48. The number of fused-ring (bicyclic) bond motifs is 5. The molecule has 0 radical (unpaired) electrons. The fraction of sp³-hybridized carbons (Fsp3) is 0.235. The number of imidazole rings is 1. The van der Waals surface area contributed by atoms with Crippen molar-refractivity contribution in [1.29, 1.82) is 0 Å². The van der Waals surface area contributed by atoms with E-state index in [0.29, 0.717) is 5.92 Å². The Labute approximate surface area is 117 Å². The molecular weight excluding hydrogens is 246 g/mol. The highest BCUT2D eigenvalue weighted by atomic mass is 15.1. The van der Waals surface area contributed by atoms with E-state index in [1.165, 1.54) is 10.9 Å². The van der Waals surface area contributed by atoms with E-state index in [9.17, 15) is 0 Å². The zero-order valence-corrected chi connectivity index (χ0v) is 11.7. The third-order valence-corrected chi connectivity index (χ3v) is 4.26. The summed E-state index contributed by atoms with van der Waals surface area (Å²) in [5.41, 5.74) is 5.68. The molecule has 3 heterocycles. The molecule has 0 saturated carbocycles. The van der Waals surface area contributed by atoms with Crippen molar-refractivity contribution in [2.45, 2.75) is 26.2 Å². The molecule has 1 aromatic carbocycles.